The lowest BCUT2D eigenvalue weighted by atomic mass is 10.3. The van der Waals surface area contributed by atoms with Crippen LogP contribution in [0.1, 0.15) is 34.8 Å². The molecule has 80 valence electrons. The van der Waals surface area contributed by atoms with Crippen LogP contribution >= 0.6 is 0 Å². The second kappa shape index (κ2) is 4.50. The molecule has 1 aromatic rings. The van der Waals surface area contributed by atoms with E-state index in [4.69, 9.17) is 5.11 Å². The number of carboxylic acid groups (broad SMARTS) is 1. The zero-order valence-electron chi connectivity index (χ0n) is 8.39. The normalized spacial score (nSPS) is 10.1. The van der Waals surface area contributed by atoms with Crippen molar-refractivity contribution in [2.45, 2.75) is 19.9 Å². The molecule has 0 aliphatic carbocycles. The summed E-state index contributed by atoms with van der Waals surface area (Å²) in [5.74, 6) is -1.64. The predicted molar refractivity (Wildman–Crippen MR) is 51.6 cm³/mol. The summed E-state index contributed by atoms with van der Waals surface area (Å²) in [7, 11) is 0. The van der Waals surface area contributed by atoms with Gasteiger partial charge in [0.25, 0.3) is 5.91 Å². The fourth-order valence-electron chi connectivity index (χ4n) is 0.915. The van der Waals surface area contributed by atoms with Crippen LogP contribution in [0.25, 0.3) is 0 Å². The Balaban J connectivity index is 2.90. The van der Waals surface area contributed by atoms with Gasteiger partial charge in [0.15, 0.2) is 5.69 Å². The van der Waals surface area contributed by atoms with Crippen LogP contribution in [0.2, 0.25) is 0 Å². The molecular formula is C9H11N3O3. The average molecular weight is 209 g/mol. The highest BCUT2D eigenvalue weighted by molar-refractivity contribution is 5.93. The Kier molecular flexibility index (Phi) is 3.33. The summed E-state index contributed by atoms with van der Waals surface area (Å²) in [6.07, 6.45) is 2.32. The first kappa shape index (κ1) is 11.1. The van der Waals surface area contributed by atoms with Crippen LogP contribution in [0.4, 0.5) is 0 Å². The van der Waals surface area contributed by atoms with E-state index in [1.807, 2.05) is 0 Å². The summed E-state index contributed by atoms with van der Waals surface area (Å²) in [5, 5.41) is 11.2. The van der Waals surface area contributed by atoms with Crippen molar-refractivity contribution in [3.63, 3.8) is 0 Å². The number of hydrogen-bond donors (Lipinski definition) is 2. The van der Waals surface area contributed by atoms with E-state index in [2.05, 4.69) is 15.3 Å². The zero-order valence-corrected chi connectivity index (χ0v) is 8.39. The molecule has 2 N–H and O–H groups in total. The SMILES string of the molecule is CC(C)NC(=O)c1cncc(C(=O)O)n1. The van der Waals surface area contributed by atoms with Gasteiger partial charge in [-0.2, -0.15) is 0 Å². The maximum Gasteiger partial charge on any atom is 0.356 e. The molecule has 6 heteroatoms. The molecular weight excluding hydrogens is 198 g/mol. The van der Waals surface area contributed by atoms with Crippen LogP contribution in [0, 0.1) is 0 Å². The van der Waals surface area contributed by atoms with Gasteiger partial charge in [-0.3, -0.25) is 9.78 Å². The monoisotopic (exact) mass is 209 g/mol. The topological polar surface area (TPSA) is 92.2 Å². The van der Waals surface area contributed by atoms with Crippen LogP contribution in [-0.2, 0) is 0 Å². The number of amides is 1. The van der Waals surface area contributed by atoms with Crippen molar-refractivity contribution in [1.82, 2.24) is 15.3 Å². The van der Waals surface area contributed by atoms with Crippen molar-refractivity contribution in [2.75, 3.05) is 0 Å². The molecule has 0 aliphatic rings. The van der Waals surface area contributed by atoms with E-state index in [1.54, 1.807) is 13.8 Å². The van der Waals surface area contributed by atoms with Gasteiger partial charge < -0.3 is 10.4 Å². The van der Waals surface area contributed by atoms with E-state index in [0.717, 1.165) is 6.20 Å². The lowest BCUT2D eigenvalue weighted by Gasteiger charge is -2.07. The Labute approximate surface area is 86.4 Å². The van der Waals surface area contributed by atoms with Gasteiger partial charge in [-0.25, -0.2) is 9.78 Å². The number of carbonyl (C=O) groups excluding carboxylic acids is 1. The lowest BCUT2D eigenvalue weighted by Crippen LogP contribution is -2.31. The summed E-state index contributed by atoms with van der Waals surface area (Å²) in [6, 6.07) is -0.0345. The summed E-state index contributed by atoms with van der Waals surface area (Å²) in [6.45, 7) is 3.60. The molecule has 6 nitrogen and oxygen atoms in total. The maximum atomic E-state index is 11.4. The largest absolute Gasteiger partial charge is 0.476 e. The van der Waals surface area contributed by atoms with Crippen LogP contribution < -0.4 is 5.32 Å². The van der Waals surface area contributed by atoms with Gasteiger partial charge in [0, 0.05) is 6.04 Å². The fraction of sp³-hybridized carbons (Fsp3) is 0.333. The molecule has 0 atom stereocenters. The zero-order chi connectivity index (χ0) is 11.4. The van der Waals surface area contributed by atoms with Gasteiger partial charge >= 0.3 is 5.97 Å². The summed E-state index contributed by atoms with van der Waals surface area (Å²) >= 11 is 0. The molecule has 0 saturated carbocycles. The second-order valence-corrected chi connectivity index (χ2v) is 3.22. The van der Waals surface area contributed by atoms with Gasteiger partial charge in [0.2, 0.25) is 0 Å². The first-order valence-corrected chi connectivity index (χ1v) is 4.37. The van der Waals surface area contributed by atoms with Crippen molar-refractivity contribution in [2.24, 2.45) is 0 Å². The van der Waals surface area contributed by atoms with Crippen LogP contribution in [0.5, 0.6) is 0 Å². The quantitative estimate of drug-likeness (QED) is 0.747. The van der Waals surface area contributed by atoms with Gasteiger partial charge in [-0.15, -0.1) is 0 Å². The van der Waals surface area contributed by atoms with Gasteiger partial charge in [-0.05, 0) is 13.8 Å². The Hall–Kier alpha value is -1.98. The first-order valence-electron chi connectivity index (χ1n) is 4.37. The molecule has 0 aliphatic heterocycles. The average Bonchev–Trinajstić information content (AvgIpc) is 2.17. The molecule has 0 bridgehead atoms. The number of rotatable bonds is 3. The molecule has 0 radical (unpaired) electrons. The molecule has 1 rings (SSSR count). The number of aromatic nitrogens is 2. The Morgan fingerprint density at radius 3 is 2.47 bits per heavy atom. The summed E-state index contributed by atoms with van der Waals surface area (Å²) in [4.78, 5) is 29.3. The van der Waals surface area contributed by atoms with E-state index < -0.39 is 11.9 Å². The van der Waals surface area contributed by atoms with Crippen molar-refractivity contribution >= 4 is 11.9 Å². The standard InChI is InChI=1S/C9H11N3O3/c1-5(2)11-8(13)6-3-10-4-7(12-6)9(14)15/h3-5H,1-2H3,(H,11,13)(H,14,15). The molecule has 0 fully saturated rings. The second-order valence-electron chi connectivity index (χ2n) is 3.22. The minimum atomic E-state index is -1.21. The first-order chi connectivity index (χ1) is 7.00. The minimum Gasteiger partial charge on any atom is -0.476 e. The Bertz CT molecular complexity index is 390. The van der Waals surface area contributed by atoms with Gasteiger partial charge in [0.05, 0.1) is 12.4 Å². The molecule has 1 aromatic heterocycles. The molecule has 1 heterocycles. The van der Waals surface area contributed by atoms with E-state index in [-0.39, 0.29) is 17.4 Å². The highest BCUT2D eigenvalue weighted by atomic mass is 16.4. The molecule has 0 unspecified atom stereocenters. The highest BCUT2D eigenvalue weighted by Crippen LogP contribution is 1.97. The number of carbonyl (C=O) groups is 2. The molecule has 1 amide bonds. The highest BCUT2D eigenvalue weighted by Gasteiger charge is 2.12. The molecule has 15 heavy (non-hydrogen) atoms. The van der Waals surface area contributed by atoms with E-state index in [1.165, 1.54) is 6.20 Å². The summed E-state index contributed by atoms with van der Waals surface area (Å²) < 4.78 is 0. The Morgan fingerprint density at radius 2 is 1.93 bits per heavy atom. The number of hydrogen-bond acceptors (Lipinski definition) is 4. The molecule has 0 aromatic carbocycles. The van der Waals surface area contributed by atoms with Crippen molar-refractivity contribution in [3.05, 3.63) is 23.8 Å². The third-order valence-electron chi connectivity index (χ3n) is 1.51. The minimum absolute atomic E-state index is 0.00333. The number of nitrogens with one attached hydrogen (secondary N) is 1. The van der Waals surface area contributed by atoms with Crippen LogP contribution in [-0.4, -0.2) is 33.0 Å². The predicted octanol–water partition coefficient (Wildman–Crippen LogP) is 0.313. The van der Waals surface area contributed by atoms with E-state index >= 15 is 0 Å². The fourth-order valence-corrected chi connectivity index (χ4v) is 0.915. The number of aromatic carboxylic acids is 1. The van der Waals surface area contributed by atoms with Crippen molar-refractivity contribution in [1.29, 1.82) is 0 Å². The lowest BCUT2D eigenvalue weighted by molar-refractivity contribution is 0.0690. The number of nitrogens with zero attached hydrogens (tertiary/aromatic N) is 2. The van der Waals surface area contributed by atoms with Crippen LogP contribution in [0.3, 0.4) is 0 Å². The van der Waals surface area contributed by atoms with Crippen LogP contribution in [0.15, 0.2) is 12.4 Å². The third kappa shape index (κ3) is 3.01. The van der Waals surface area contributed by atoms with E-state index in [9.17, 15) is 9.59 Å². The van der Waals surface area contributed by atoms with Crippen molar-refractivity contribution in [3.8, 4) is 0 Å². The summed E-state index contributed by atoms with van der Waals surface area (Å²) in [5.41, 5.74) is -0.241. The maximum absolute atomic E-state index is 11.4. The van der Waals surface area contributed by atoms with Gasteiger partial charge in [0.1, 0.15) is 5.69 Å². The number of carboxylic acids is 1. The van der Waals surface area contributed by atoms with E-state index in [0.29, 0.717) is 0 Å². The molecule has 0 saturated heterocycles. The smallest absolute Gasteiger partial charge is 0.356 e. The van der Waals surface area contributed by atoms with Crippen molar-refractivity contribution < 1.29 is 14.7 Å². The molecule has 0 spiro atoms. The van der Waals surface area contributed by atoms with Gasteiger partial charge in [-0.1, -0.05) is 0 Å². The Morgan fingerprint density at radius 1 is 1.33 bits per heavy atom. The third-order valence-corrected chi connectivity index (χ3v) is 1.51.